The van der Waals surface area contributed by atoms with E-state index in [0.29, 0.717) is 41.6 Å². The van der Waals surface area contributed by atoms with Gasteiger partial charge in [-0.25, -0.2) is 9.38 Å². The molecule has 2 aliphatic rings. The van der Waals surface area contributed by atoms with Crippen LogP contribution in [-0.2, 0) is 12.6 Å². The van der Waals surface area contributed by atoms with Crippen molar-refractivity contribution in [1.82, 2.24) is 9.80 Å². The van der Waals surface area contributed by atoms with Crippen molar-refractivity contribution < 1.29 is 22.3 Å². The highest BCUT2D eigenvalue weighted by Gasteiger charge is 2.34. The van der Waals surface area contributed by atoms with Crippen LogP contribution < -0.4 is 10.1 Å². The normalized spacial score (nSPS) is 17.8. The number of aliphatic imine (C=N–C) groups is 1. The van der Waals surface area contributed by atoms with Crippen molar-refractivity contribution in [2.24, 2.45) is 4.99 Å². The molecule has 3 aromatic carbocycles. The van der Waals surface area contributed by atoms with E-state index in [1.165, 1.54) is 23.8 Å². The minimum absolute atomic E-state index is 0.163. The van der Waals surface area contributed by atoms with Crippen molar-refractivity contribution >= 4 is 22.9 Å². The molecule has 0 amide bonds. The highest BCUT2D eigenvalue weighted by Crippen LogP contribution is 2.39. The summed E-state index contributed by atoms with van der Waals surface area (Å²) >= 11 is 0. The molecule has 1 saturated heterocycles. The van der Waals surface area contributed by atoms with Gasteiger partial charge in [-0.1, -0.05) is 12.1 Å². The first kappa shape index (κ1) is 25.1. The smallest absolute Gasteiger partial charge is 0.416 e. The molecule has 0 spiro atoms. The van der Waals surface area contributed by atoms with E-state index in [1.807, 2.05) is 29.2 Å². The first-order valence-electron chi connectivity index (χ1n) is 12.2. The van der Waals surface area contributed by atoms with Gasteiger partial charge in [0.15, 0.2) is 0 Å². The number of hydrogen-bond acceptors (Lipinski definition) is 5. The number of nitrogens with one attached hydrogen (secondary N) is 1. The van der Waals surface area contributed by atoms with E-state index in [2.05, 4.69) is 17.3 Å². The highest BCUT2D eigenvalue weighted by molar-refractivity contribution is 6.08. The summed E-state index contributed by atoms with van der Waals surface area (Å²) in [6, 6.07) is 15.9. The largest absolute Gasteiger partial charge is 0.497 e. The van der Waals surface area contributed by atoms with Gasteiger partial charge in [-0.3, -0.25) is 4.90 Å². The lowest BCUT2D eigenvalue weighted by molar-refractivity contribution is -0.137. The quantitative estimate of drug-likeness (QED) is 0.421. The second kappa shape index (κ2) is 10.0. The van der Waals surface area contributed by atoms with Gasteiger partial charge in [0.2, 0.25) is 0 Å². The van der Waals surface area contributed by atoms with Gasteiger partial charge in [-0.05, 0) is 67.9 Å². The number of alkyl halides is 3. The molecule has 0 bridgehead atoms. The zero-order valence-electron chi connectivity index (χ0n) is 20.6. The number of likely N-dealkylation sites (N-methyl/N-ethyl adjacent to an activating group) is 1. The molecule has 2 aliphatic heterocycles. The van der Waals surface area contributed by atoms with E-state index in [1.54, 1.807) is 13.2 Å². The molecule has 0 aromatic heterocycles. The van der Waals surface area contributed by atoms with E-state index in [9.17, 15) is 17.6 Å². The molecule has 2 heterocycles. The molecule has 194 valence electrons. The van der Waals surface area contributed by atoms with Crippen LogP contribution in [0.15, 0.2) is 65.7 Å². The number of hydrogen-bond donors (Lipinski definition) is 1. The summed E-state index contributed by atoms with van der Waals surface area (Å²) in [6.45, 7) is 1.91. The average Bonchev–Trinajstić information content (AvgIpc) is 3.04. The fourth-order valence-corrected chi connectivity index (χ4v) is 4.85. The first-order valence-corrected chi connectivity index (χ1v) is 12.2. The maximum Gasteiger partial charge on any atom is 0.416 e. The van der Waals surface area contributed by atoms with Crippen LogP contribution in [0.3, 0.4) is 0 Å². The molecule has 5 rings (SSSR count). The monoisotopic (exact) mass is 512 g/mol. The minimum atomic E-state index is -4.49. The summed E-state index contributed by atoms with van der Waals surface area (Å²) in [6.07, 6.45) is -2.77. The minimum Gasteiger partial charge on any atom is -0.497 e. The van der Waals surface area contributed by atoms with E-state index >= 15 is 0 Å². The van der Waals surface area contributed by atoms with Crippen LogP contribution in [0.2, 0.25) is 0 Å². The molecule has 1 N–H and O–H groups in total. The maximum atomic E-state index is 14.1. The van der Waals surface area contributed by atoms with Gasteiger partial charge in [0.1, 0.15) is 17.4 Å². The Labute approximate surface area is 213 Å². The molecule has 1 atom stereocenters. The molecule has 37 heavy (non-hydrogen) atoms. The van der Waals surface area contributed by atoms with Crippen molar-refractivity contribution in [3.8, 4) is 5.75 Å². The summed E-state index contributed by atoms with van der Waals surface area (Å²) in [5, 5.41) is 3.16. The Kier molecular flexibility index (Phi) is 6.81. The lowest BCUT2D eigenvalue weighted by Gasteiger charge is -2.41. The third kappa shape index (κ3) is 5.41. The molecule has 3 aromatic rings. The fourth-order valence-electron chi connectivity index (χ4n) is 4.85. The summed E-state index contributed by atoms with van der Waals surface area (Å²) in [4.78, 5) is 9.03. The van der Waals surface area contributed by atoms with Gasteiger partial charge in [0, 0.05) is 43.0 Å². The van der Waals surface area contributed by atoms with Crippen molar-refractivity contribution in [3.63, 3.8) is 0 Å². The lowest BCUT2D eigenvalue weighted by atomic mass is 10.0. The number of piperazine rings is 1. The third-order valence-electron chi connectivity index (χ3n) is 7.05. The van der Waals surface area contributed by atoms with Gasteiger partial charge in [-0.2, -0.15) is 13.2 Å². The highest BCUT2D eigenvalue weighted by atomic mass is 19.4. The van der Waals surface area contributed by atoms with Crippen molar-refractivity contribution in [3.05, 3.63) is 83.2 Å². The van der Waals surface area contributed by atoms with Crippen LogP contribution in [0.4, 0.5) is 34.6 Å². The topological polar surface area (TPSA) is 40.1 Å². The van der Waals surface area contributed by atoms with Crippen molar-refractivity contribution in [2.45, 2.75) is 25.1 Å². The number of amidine groups is 1. The third-order valence-corrected chi connectivity index (χ3v) is 7.05. The second-order valence-corrected chi connectivity index (χ2v) is 9.45. The predicted octanol–water partition coefficient (Wildman–Crippen LogP) is 6.24. The molecule has 0 aliphatic carbocycles. The van der Waals surface area contributed by atoms with E-state index in [-0.39, 0.29) is 6.04 Å². The number of anilines is 2. The van der Waals surface area contributed by atoms with Gasteiger partial charge >= 0.3 is 6.18 Å². The fraction of sp³-hybridized carbons (Fsp3) is 0.321. The summed E-state index contributed by atoms with van der Waals surface area (Å²) < 4.78 is 60.2. The Morgan fingerprint density at radius 3 is 2.49 bits per heavy atom. The standard InChI is InChI=1S/C28H28F4N4O/c1-35-13-14-36(17-21(35)8-3-18-4-9-22(37-2)10-5-18)27-23-15-19(28(30,31)32)6-11-24(23)33-25-12-7-20(29)16-26(25)34-27/h4-7,9-12,15-16,21,33H,3,8,13-14,17H2,1-2H3/t21-/m0/s1. The maximum absolute atomic E-state index is 14.1. The van der Waals surface area contributed by atoms with Gasteiger partial charge in [-0.15, -0.1) is 0 Å². The molecule has 0 unspecified atom stereocenters. The molecule has 1 fully saturated rings. The number of methoxy groups -OCH3 is 1. The lowest BCUT2D eigenvalue weighted by Crippen LogP contribution is -2.53. The summed E-state index contributed by atoms with van der Waals surface area (Å²) in [5.41, 5.74) is 2.20. The SMILES string of the molecule is COc1ccc(CC[C@H]2CN(C3=Nc4cc(F)ccc4Nc4ccc(C(F)(F)F)cc43)CCN2C)cc1. The average molecular weight is 513 g/mol. The number of ether oxygens (including phenoxy) is 1. The van der Waals surface area contributed by atoms with Crippen LogP contribution in [0.5, 0.6) is 5.75 Å². The van der Waals surface area contributed by atoms with E-state index in [0.717, 1.165) is 37.3 Å². The zero-order valence-corrected chi connectivity index (χ0v) is 20.6. The molecule has 5 nitrogen and oxygen atoms in total. The van der Waals surface area contributed by atoms with Crippen molar-refractivity contribution in [1.29, 1.82) is 0 Å². The second-order valence-electron chi connectivity index (χ2n) is 9.45. The van der Waals surface area contributed by atoms with E-state index < -0.39 is 17.6 Å². The van der Waals surface area contributed by atoms with E-state index in [4.69, 9.17) is 9.73 Å². The molecule has 0 saturated carbocycles. The van der Waals surface area contributed by atoms with Gasteiger partial charge in [0.05, 0.1) is 24.0 Å². The molecular weight excluding hydrogens is 484 g/mol. The van der Waals surface area contributed by atoms with Crippen LogP contribution in [0, 0.1) is 5.82 Å². The van der Waals surface area contributed by atoms with Crippen LogP contribution in [0.1, 0.15) is 23.1 Å². The van der Waals surface area contributed by atoms with Crippen LogP contribution in [0.25, 0.3) is 0 Å². The number of rotatable bonds is 4. The number of aryl methyl sites for hydroxylation is 1. The number of nitrogens with zero attached hydrogens (tertiary/aromatic N) is 3. The Hall–Kier alpha value is -3.59. The summed E-state index contributed by atoms with van der Waals surface area (Å²) in [5.74, 6) is 0.764. The predicted molar refractivity (Wildman–Crippen MR) is 137 cm³/mol. The zero-order chi connectivity index (χ0) is 26.2. The Bertz CT molecular complexity index is 1310. The Morgan fingerprint density at radius 1 is 1.00 bits per heavy atom. The summed E-state index contributed by atoms with van der Waals surface area (Å²) in [7, 11) is 3.70. The number of fused-ring (bicyclic) bond motifs is 2. The van der Waals surface area contributed by atoms with Gasteiger partial charge in [0.25, 0.3) is 0 Å². The number of halogens is 4. The molecule has 0 radical (unpaired) electrons. The Balaban J connectivity index is 1.46. The van der Waals surface area contributed by atoms with Crippen molar-refractivity contribution in [2.75, 3.05) is 39.1 Å². The first-order chi connectivity index (χ1) is 17.7. The van der Waals surface area contributed by atoms with Crippen LogP contribution >= 0.6 is 0 Å². The molecule has 9 heteroatoms. The Morgan fingerprint density at radius 2 is 1.76 bits per heavy atom. The van der Waals surface area contributed by atoms with Crippen LogP contribution in [-0.4, -0.2) is 55.5 Å². The van der Waals surface area contributed by atoms with Gasteiger partial charge < -0.3 is 15.0 Å². The number of benzene rings is 3. The molecular formula is C28H28F4N4O.